The van der Waals surface area contributed by atoms with E-state index in [4.69, 9.17) is 4.84 Å². The van der Waals surface area contributed by atoms with Gasteiger partial charge in [-0.15, -0.1) is 0 Å². The number of rotatable bonds is 6. The van der Waals surface area contributed by atoms with E-state index in [2.05, 4.69) is 26.2 Å². The van der Waals surface area contributed by atoms with Gasteiger partial charge < -0.3 is 10.6 Å². The van der Waals surface area contributed by atoms with Crippen molar-refractivity contribution < 1.29 is 14.4 Å². The van der Waals surface area contributed by atoms with Crippen molar-refractivity contribution in [2.24, 2.45) is 0 Å². The molecule has 0 radical (unpaired) electrons. The third-order valence-electron chi connectivity index (χ3n) is 4.93. The first-order valence-electron chi connectivity index (χ1n) is 9.32. The normalized spacial score (nSPS) is 13.3. The molecule has 1 saturated carbocycles. The summed E-state index contributed by atoms with van der Waals surface area (Å²) >= 11 is 0. The Hall–Kier alpha value is -3.46. The molecule has 9 heteroatoms. The van der Waals surface area contributed by atoms with Gasteiger partial charge in [-0.25, -0.2) is 15.0 Å². The van der Waals surface area contributed by atoms with E-state index >= 15 is 0 Å². The van der Waals surface area contributed by atoms with Crippen LogP contribution in [0.2, 0.25) is 0 Å². The first kappa shape index (κ1) is 18.9. The lowest BCUT2D eigenvalue weighted by molar-refractivity contribution is 0.0537. The molecule has 2 amide bonds. The van der Waals surface area contributed by atoms with Gasteiger partial charge in [0, 0.05) is 23.5 Å². The Labute approximate surface area is 167 Å². The minimum atomic E-state index is -0.346. The topological polar surface area (TPSA) is 110 Å². The van der Waals surface area contributed by atoms with E-state index in [0.29, 0.717) is 22.5 Å². The highest BCUT2D eigenvalue weighted by Crippen LogP contribution is 2.28. The summed E-state index contributed by atoms with van der Waals surface area (Å²) in [6, 6.07) is 5.55. The van der Waals surface area contributed by atoms with E-state index in [9.17, 15) is 9.59 Å². The minimum Gasteiger partial charge on any atom is -0.349 e. The van der Waals surface area contributed by atoms with Crippen LogP contribution in [0.1, 0.15) is 44.7 Å². The Morgan fingerprint density at radius 3 is 2.72 bits per heavy atom. The number of aryl methyl sites for hydroxylation is 2. The molecule has 3 N–H and O–H groups in total. The monoisotopic (exact) mass is 394 g/mol. The van der Waals surface area contributed by atoms with Gasteiger partial charge in [-0.3, -0.25) is 14.4 Å². The molecule has 2 heterocycles. The van der Waals surface area contributed by atoms with Crippen molar-refractivity contribution in [1.82, 2.24) is 25.4 Å². The molecule has 0 saturated heterocycles. The van der Waals surface area contributed by atoms with Crippen molar-refractivity contribution in [3.63, 3.8) is 0 Å². The number of benzene rings is 1. The van der Waals surface area contributed by atoms with Gasteiger partial charge in [0.25, 0.3) is 11.8 Å². The molecule has 29 heavy (non-hydrogen) atoms. The van der Waals surface area contributed by atoms with Gasteiger partial charge in [0.05, 0.1) is 12.7 Å². The lowest BCUT2D eigenvalue weighted by atomic mass is 10.1. The summed E-state index contributed by atoms with van der Waals surface area (Å²) in [7, 11) is 1.38. The van der Waals surface area contributed by atoms with Gasteiger partial charge in [-0.1, -0.05) is 6.07 Å². The van der Waals surface area contributed by atoms with Crippen LogP contribution in [0.3, 0.4) is 0 Å². The summed E-state index contributed by atoms with van der Waals surface area (Å²) in [4.78, 5) is 33.7. The van der Waals surface area contributed by atoms with Crippen LogP contribution >= 0.6 is 0 Å². The molecule has 1 aromatic carbocycles. The Kier molecular flexibility index (Phi) is 4.89. The maximum absolute atomic E-state index is 12.5. The van der Waals surface area contributed by atoms with Crippen LogP contribution in [-0.2, 0) is 4.84 Å². The second-order valence-corrected chi connectivity index (χ2v) is 7.11. The lowest BCUT2D eigenvalue weighted by Crippen LogP contribution is -2.25. The number of fused-ring (bicyclic) bond motifs is 1. The predicted octanol–water partition coefficient (Wildman–Crippen LogP) is 2.27. The summed E-state index contributed by atoms with van der Waals surface area (Å²) < 4.78 is 1.64. The molecule has 0 atom stereocenters. The van der Waals surface area contributed by atoms with E-state index in [1.807, 2.05) is 19.9 Å². The molecule has 0 spiro atoms. The van der Waals surface area contributed by atoms with Gasteiger partial charge in [-0.2, -0.15) is 5.10 Å². The number of amides is 2. The number of carbonyl (C=O) groups is 2. The molecule has 0 aliphatic heterocycles. The van der Waals surface area contributed by atoms with Crippen molar-refractivity contribution in [1.29, 1.82) is 0 Å². The number of hydroxylamine groups is 1. The number of anilines is 2. The van der Waals surface area contributed by atoms with Crippen molar-refractivity contribution in [3.8, 4) is 0 Å². The molecule has 0 unspecified atom stereocenters. The average molecular weight is 394 g/mol. The Morgan fingerprint density at radius 2 is 2.00 bits per heavy atom. The van der Waals surface area contributed by atoms with Crippen LogP contribution < -0.4 is 16.1 Å². The molecule has 2 aromatic heterocycles. The average Bonchev–Trinajstić information content (AvgIpc) is 3.44. The number of nitrogens with one attached hydrogen (secondary N) is 3. The third-order valence-corrected chi connectivity index (χ3v) is 4.93. The van der Waals surface area contributed by atoms with Crippen LogP contribution in [0.5, 0.6) is 0 Å². The number of hydrogen-bond donors (Lipinski definition) is 3. The molecule has 1 aliphatic rings. The summed E-state index contributed by atoms with van der Waals surface area (Å²) in [6.07, 6.45) is 5.19. The molecule has 0 bridgehead atoms. The fourth-order valence-electron chi connectivity index (χ4n) is 3.15. The molecular weight excluding hydrogens is 372 g/mol. The van der Waals surface area contributed by atoms with Gasteiger partial charge in [-0.05, 0) is 49.9 Å². The van der Waals surface area contributed by atoms with E-state index < -0.39 is 0 Å². The van der Waals surface area contributed by atoms with Gasteiger partial charge in [0.1, 0.15) is 11.8 Å². The van der Waals surface area contributed by atoms with E-state index in [0.717, 1.165) is 29.7 Å². The van der Waals surface area contributed by atoms with Gasteiger partial charge in [0.15, 0.2) is 5.82 Å². The highest BCUT2D eigenvalue weighted by molar-refractivity contribution is 5.99. The highest BCUT2D eigenvalue weighted by atomic mass is 16.6. The highest BCUT2D eigenvalue weighted by Gasteiger charge is 2.26. The molecule has 150 valence electrons. The van der Waals surface area contributed by atoms with Crippen LogP contribution in [0.25, 0.3) is 5.52 Å². The van der Waals surface area contributed by atoms with Crippen molar-refractivity contribution in [3.05, 3.63) is 53.0 Å². The lowest BCUT2D eigenvalue weighted by Gasteiger charge is -2.12. The fourth-order valence-corrected chi connectivity index (χ4v) is 3.15. The number of aromatic nitrogens is 3. The summed E-state index contributed by atoms with van der Waals surface area (Å²) in [5, 5.41) is 10.5. The quantitative estimate of drug-likeness (QED) is 0.554. The van der Waals surface area contributed by atoms with Crippen molar-refractivity contribution in [2.75, 3.05) is 12.4 Å². The second kappa shape index (κ2) is 7.51. The predicted molar refractivity (Wildman–Crippen MR) is 107 cm³/mol. The first-order valence-corrected chi connectivity index (χ1v) is 9.32. The fraction of sp³-hybridized carbons (Fsp3) is 0.300. The molecule has 1 aliphatic carbocycles. The smallest absolute Gasteiger partial charge is 0.274 e. The van der Waals surface area contributed by atoms with Gasteiger partial charge in [0.2, 0.25) is 0 Å². The zero-order valence-corrected chi connectivity index (χ0v) is 16.4. The number of nitrogens with zero attached hydrogens (tertiary/aromatic N) is 3. The molecule has 9 nitrogen and oxygen atoms in total. The Morgan fingerprint density at radius 1 is 1.21 bits per heavy atom. The third kappa shape index (κ3) is 3.77. The maximum Gasteiger partial charge on any atom is 0.274 e. The van der Waals surface area contributed by atoms with Crippen LogP contribution in [0.15, 0.2) is 30.7 Å². The zero-order valence-electron chi connectivity index (χ0n) is 16.4. The number of carbonyl (C=O) groups excluding carboxylic acids is 2. The molecule has 4 rings (SSSR count). The Bertz CT molecular complexity index is 1100. The molecule has 1 fully saturated rings. The standard InChI is InChI=1S/C20H22N6O3/c1-11-4-5-13(19(27)25-29-3)8-16(11)24-18-17-12(2)15(9-26(17)22-10-21-18)20(28)23-14-6-7-14/h4-5,8-10,14H,6-7H2,1-3H3,(H,23,28)(H,25,27)(H,21,22,24). The van der Waals surface area contributed by atoms with Crippen molar-refractivity contribution >= 4 is 28.8 Å². The Balaban J connectivity index is 1.69. The van der Waals surface area contributed by atoms with Crippen LogP contribution in [-0.4, -0.2) is 39.6 Å². The summed E-state index contributed by atoms with van der Waals surface area (Å²) in [5.41, 5.74) is 6.48. The molecule has 3 aromatic rings. The summed E-state index contributed by atoms with van der Waals surface area (Å²) in [6.45, 7) is 3.80. The van der Waals surface area contributed by atoms with E-state index in [1.165, 1.54) is 13.4 Å². The van der Waals surface area contributed by atoms with Crippen LogP contribution in [0, 0.1) is 13.8 Å². The molecular formula is C20H22N6O3. The largest absolute Gasteiger partial charge is 0.349 e. The second-order valence-electron chi connectivity index (χ2n) is 7.11. The van der Waals surface area contributed by atoms with Gasteiger partial charge >= 0.3 is 0 Å². The van der Waals surface area contributed by atoms with Crippen molar-refractivity contribution in [2.45, 2.75) is 32.7 Å². The first-order chi connectivity index (χ1) is 14.0. The minimum absolute atomic E-state index is 0.101. The van der Waals surface area contributed by atoms with Crippen LogP contribution in [0.4, 0.5) is 11.5 Å². The summed E-state index contributed by atoms with van der Waals surface area (Å²) in [5.74, 6) is 0.104. The van der Waals surface area contributed by atoms with E-state index in [1.54, 1.807) is 22.8 Å². The van der Waals surface area contributed by atoms with E-state index in [-0.39, 0.29) is 17.9 Å². The maximum atomic E-state index is 12.5. The SMILES string of the molecule is CONC(=O)c1ccc(C)c(Nc2ncnn3cc(C(=O)NC4CC4)c(C)c23)c1. The zero-order chi connectivity index (χ0) is 20.5. The number of hydrogen-bond acceptors (Lipinski definition) is 6.